The van der Waals surface area contributed by atoms with Gasteiger partial charge in [0.2, 0.25) is 11.8 Å². The Balaban J connectivity index is 1.35. The summed E-state index contributed by atoms with van der Waals surface area (Å²) in [7, 11) is 0. The van der Waals surface area contributed by atoms with E-state index in [0.29, 0.717) is 25.9 Å². The first-order valence-electron chi connectivity index (χ1n) is 17.0. The molecule has 5 rings (SSSR count). The maximum absolute atomic E-state index is 14.2. The molecule has 0 aliphatic heterocycles. The Morgan fingerprint density at radius 2 is 0.820 bits per heavy atom. The van der Waals surface area contributed by atoms with Crippen LogP contribution in [-0.2, 0) is 32.3 Å². The zero-order valence-electron chi connectivity index (χ0n) is 28.4. The molecule has 50 heavy (non-hydrogen) atoms. The van der Waals surface area contributed by atoms with Gasteiger partial charge in [-0.05, 0) is 72.5 Å². The highest BCUT2D eigenvalue weighted by molar-refractivity contribution is 5.99. The van der Waals surface area contributed by atoms with Crippen LogP contribution in [0.1, 0.15) is 37.8 Å². The van der Waals surface area contributed by atoms with E-state index in [4.69, 9.17) is 0 Å². The van der Waals surface area contributed by atoms with Gasteiger partial charge in [0, 0.05) is 48.9 Å². The highest BCUT2D eigenvalue weighted by atomic mass is 16.4. The van der Waals surface area contributed by atoms with Crippen molar-refractivity contribution in [2.24, 2.45) is 23.7 Å². The second kappa shape index (κ2) is 16.6. The number of carbonyl (C=O) groups excluding carboxylic acids is 2. The van der Waals surface area contributed by atoms with Gasteiger partial charge in [0.05, 0.1) is 23.7 Å². The lowest BCUT2D eigenvalue weighted by Crippen LogP contribution is -2.64. The largest absolute Gasteiger partial charge is 0.481 e. The molecule has 2 amide bonds. The highest BCUT2D eigenvalue weighted by Crippen LogP contribution is 2.49. The van der Waals surface area contributed by atoms with Crippen LogP contribution in [0.25, 0.3) is 0 Å². The van der Waals surface area contributed by atoms with E-state index < -0.39 is 47.4 Å². The van der Waals surface area contributed by atoms with E-state index in [1.807, 2.05) is 123 Å². The van der Waals surface area contributed by atoms with E-state index in [-0.39, 0.29) is 13.1 Å². The van der Waals surface area contributed by atoms with E-state index in [1.165, 1.54) is 0 Å². The van der Waals surface area contributed by atoms with Gasteiger partial charge in [-0.3, -0.25) is 19.2 Å². The maximum atomic E-state index is 14.2. The molecule has 10 heteroatoms. The van der Waals surface area contributed by atoms with Crippen LogP contribution in [0.2, 0.25) is 0 Å². The van der Waals surface area contributed by atoms with Gasteiger partial charge in [0.1, 0.15) is 0 Å². The van der Waals surface area contributed by atoms with Gasteiger partial charge in [0.25, 0.3) is 0 Å². The van der Waals surface area contributed by atoms with Gasteiger partial charge >= 0.3 is 11.9 Å². The lowest BCUT2D eigenvalue weighted by atomic mass is 9.55. The predicted molar refractivity (Wildman–Crippen MR) is 193 cm³/mol. The Kier molecular flexibility index (Phi) is 11.9. The number of carbonyl (C=O) groups is 4. The molecule has 0 spiro atoms. The zero-order chi connectivity index (χ0) is 35.6. The van der Waals surface area contributed by atoms with Crippen LogP contribution < -0.4 is 10.6 Å². The SMILES string of the molecule is CCCN(Cc1ccc(Nc2ccccc2)cc1)C(=O)C1C(C(=O)O)C(C(=O)O)C1C(=O)N(CCC)Cc1ccc(Nc2ccccc2)cc1. The fourth-order valence-corrected chi connectivity index (χ4v) is 6.68. The van der Waals surface area contributed by atoms with Crippen molar-refractivity contribution in [3.05, 3.63) is 120 Å². The van der Waals surface area contributed by atoms with E-state index in [1.54, 1.807) is 9.80 Å². The van der Waals surface area contributed by atoms with E-state index in [9.17, 15) is 29.4 Å². The fourth-order valence-electron chi connectivity index (χ4n) is 6.68. The molecule has 4 aromatic rings. The van der Waals surface area contributed by atoms with Gasteiger partial charge < -0.3 is 30.6 Å². The standard InChI is InChI=1S/C40H44N4O6/c1-3-23-43(25-27-15-19-31(20-16-27)41-29-11-7-5-8-12-29)37(45)33-34(36(40(49)50)35(33)39(47)48)38(46)44(24-4-2)26-28-17-21-32(22-18-28)42-30-13-9-6-10-14-30/h5-22,33-36,41-42H,3-4,23-26H2,1-2H3,(H,47,48)(H,49,50). The minimum absolute atomic E-state index is 0.196. The molecule has 4 unspecified atom stereocenters. The molecule has 10 nitrogen and oxygen atoms in total. The molecule has 260 valence electrons. The summed E-state index contributed by atoms with van der Waals surface area (Å²) in [6.07, 6.45) is 1.20. The van der Waals surface area contributed by atoms with Gasteiger partial charge in [-0.25, -0.2) is 0 Å². The Morgan fingerprint density at radius 3 is 1.12 bits per heavy atom. The Hall–Kier alpha value is -5.64. The molecule has 4 aromatic carbocycles. The third-order valence-electron chi connectivity index (χ3n) is 9.08. The number of nitrogens with zero attached hydrogens (tertiary/aromatic N) is 2. The zero-order valence-corrected chi connectivity index (χ0v) is 28.4. The number of benzene rings is 4. The van der Waals surface area contributed by atoms with Crippen LogP contribution in [-0.4, -0.2) is 56.9 Å². The average molecular weight is 677 g/mol. The normalized spacial score (nSPS) is 18.0. The lowest BCUT2D eigenvalue weighted by molar-refractivity contribution is -0.187. The van der Waals surface area contributed by atoms with Crippen molar-refractivity contribution in [1.29, 1.82) is 0 Å². The first kappa shape index (κ1) is 35.7. The Labute approximate surface area is 292 Å². The minimum Gasteiger partial charge on any atom is -0.481 e. The molecular weight excluding hydrogens is 632 g/mol. The molecular formula is C40H44N4O6. The fraction of sp³-hybridized carbons (Fsp3) is 0.300. The lowest BCUT2D eigenvalue weighted by Gasteiger charge is -2.48. The van der Waals surface area contributed by atoms with Gasteiger partial charge in [-0.15, -0.1) is 0 Å². The number of carboxylic acids is 2. The van der Waals surface area contributed by atoms with Crippen molar-refractivity contribution < 1.29 is 29.4 Å². The summed E-state index contributed by atoms with van der Waals surface area (Å²) in [5.41, 5.74) is 5.26. The number of amides is 2. The summed E-state index contributed by atoms with van der Waals surface area (Å²) in [5, 5.41) is 27.0. The van der Waals surface area contributed by atoms with Crippen molar-refractivity contribution in [2.75, 3.05) is 23.7 Å². The Bertz CT molecular complexity index is 1620. The van der Waals surface area contributed by atoms with Crippen LogP contribution in [0.5, 0.6) is 0 Å². The maximum Gasteiger partial charge on any atom is 0.308 e. The number of para-hydroxylation sites is 2. The smallest absolute Gasteiger partial charge is 0.308 e. The van der Waals surface area contributed by atoms with E-state index in [0.717, 1.165) is 33.9 Å². The molecule has 1 saturated carbocycles. The number of hydrogen-bond acceptors (Lipinski definition) is 6. The molecule has 4 N–H and O–H groups in total. The van der Waals surface area contributed by atoms with Gasteiger partial charge in [-0.2, -0.15) is 0 Å². The summed E-state index contributed by atoms with van der Waals surface area (Å²) in [4.78, 5) is 56.5. The van der Waals surface area contributed by atoms with E-state index in [2.05, 4.69) is 10.6 Å². The first-order chi connectivity index (χ1) is 24.2. The molecule has 0 radical (unpaired) electrons. The van der Waals surface area contributed by atoms with Crippen molar-refractivity contribution in [2.45, 2.75) is 39.8 Å². The average Bonchev–Trinajstić information content (AvgIpc) is 3.09. The highest BCUT2D eigenvalue weighted by Gasteiger charge is 2.64. The molecule has 0 heterocycles. The molecule has 1 aliphatic rings. The second-order valence-corrected chi connectivity index (χ2v) is 12.7. The number of carboxylic acid groups (broad SMARTS) is 2. The summed E-state index contributed by atoms with van der Waals surface area (Å²) in [5.74, 6) is -9.46. The molecule has 1 aliphatic carbocycles. The summed E-state index contributed by atoms with van der Waals surface area (Å²) < 4.78 is 0. The third kappa shape index (κ3) is 8.49. The number of aliphatic carboxylic acids is 2. The van der Waals surface area contributed by atoms with Gasteiger partial charge in [-0.1, -0.05) is 74.5 Å². The van der Waals surface area contributed by atoms with Crippen LogP contribution in [0.4, 0.5) is 22.7 Å². The Morgan fingerprint density at radius 1 is 0.500 bits per heavy atom. The number of anilines is 4. The van der Waals surface area contributed by atoms with Crippen LogP contribution in [0.3, 0.4) is 0 Å². The number of nitrogens with one attached hydrogen (secondary N) is 2. The van der Waals surface area contributed by atoms with Crippen molar-refractivity contribution in [3.8, 4) is 0 Å². The summed E-state index contributed by atoms with van der Waals surface area (Å²) in [6, 6.07) is 34.6. The van der Waals surface area contributed by atoms with Crippen molar-refractivity contribution in [3.63, 3.8) is 0 Å². The second-order valence-electron chi connectivity index (χ2n) is 12.7. The third-order valence-corrected chi connectivity index (χ3v) is 9.08. The van der Waals surface area contributed by atoms with Crippen LogP contribution in [0, 0.1) is 23.7 Å². The molecule has 0 saturated heterocycles. The van der Waals surface area contributed by atoms with Crippen LogP contribution in [0.15, 0.2) is 109 Å². The number of rotatable bonds is 16. The van der Waals surface area contributed by atoms with Crippen LogP contribution >= 0.6 is 0 Å². The van der Waals surface area contributed by atoms with E-state index >= 15 is 0 Å². The van der Waals surface area contributed by atoms with Crippen molar-refractivity contribution in [1.82, 2.24) is 9.80 Å². The summed E-state index contributed by atoms with van der Waals surface area (Å²) in [6.45, 7) is 4.87. The topological polar surface area (TPSA) is 139 Å². The molecule has 0 bridgehead atoms. The first-order valence-corrected chi connectivity index (χ1v) is 17.0. The monoisotopic (exact) mass is 676 g/mol. The molecule has 4 atom stereocenters. The van der Waals surface area contributed by atoms with Crippen molar-refractivity contribution >= 4 is 46.5 Å². The quantitative estimate of drug-likeness (QED) is 0.0996. The molecule has 1 fully saturated rings. The molecule has 0 aromatic heterocycles. The number of hydrogen-bond donors (Lipinski definition) is 4. The minimum atomic E-state index is -1.52. The van der Waals surface area contributed by atoms with Gasteiger partial charge in [0.15, 0.2) is 0 Å². The summed E-state index contributed by atoms with van der Waals surface area (Å²) >= 11 is 0. The predicted octanol–water partition coefficient (Wildman–Crippen LogP) is 7.00.